The van der Waals surface area contributed by atoms with E-state index in [1.165, 1.54) is 5.56 Å². The molecule has 1 rings (SSSR count). The highest BCUT2D eigenvalue weighted by atomic mass is 79.9. The summed E-state index contributed by atoms with van der Waals surface area (Å²) in [6.45, 7) is 11.0. The molecule has 0 aliphatic rings. The summed E-state index contributed by atoms with van der Waals surface area (Å²) in [6.07, 6.45) is 0. The molecule has 1 aromatic carbocycles. The number of hydrogen-bond donors (Lipinski definition) is 2. The molecule has 0 bridgehead atoms. The molecule has 2 nitrogen and oxygen atoms in total. The number of halogens is 1. The predicted octanol–water partition coefficient (Wildman–Crippen LogP) is 3.80. The van der Waals surface area contributed by atoms with Gasteiger partial charge in [0.2, 0.25) is 0 Å². The van der Waals surface area contributed by atoms with Crippen LogP contribution in [0.4, 0.5) is 5.69 Å². The molecule has 17 heavy (non-hydrogen) atoms. The van der Waals surface area contributed by atoms with Crippen molar-refractivity contribution in [1.29, 1.82) is 0 Å². The van der Waals surface area contributed by atoms with Gasteiger partial charge in [0.25, 0.3) is 0 Å². The van der Waals surface area contributed by atoms with Crippen LogP contribution in [0.15, 0.2) is 22.7 Å². The third-order valence-corrected chi connectivity index (χ3v) is 3.91. The van der Waals surface area contributed by atoms with E-state index >= 15 is 0 Å². The van der Waals surface area contributed by atoms with Crippen molar-refractivity contribution in [3.63, 3.8) is 0 Å². The van der Waals surface area contributed by atoms with Crippen molar-refractivity contribution in [3.05, 3.63) is 28.2 Å². The van der Waals surface area contributed by atoms with Crippen LogP contribution in [0.1, 0.15) is 33.3 Å². The van der Waals surface area contributed by atoms with Crippen LogP contribution < -0.4 is 11.1 Å². The van der Waals surface area contributed by atoms with Crippen LogP contribution in [-0.4, -0.2) is 6.54 Å². The van der Waals surface area contributed by atoms with Gasteiger partial charge in [-0.2, -0.15) is 0 Å². The molecule has 96 valence electrons. The Labute approximate surface area is 113 Å². The van der Waals surface area contributed by atoms with E-state index in [-0.39, 0.29) is 0 Å². The molecule has 0 radical (unpaired) electrons. The number of anilines is 1. The van der Waals surface area contributed by atoms with E-state index in [4.69, 9.17) is 5.73 Å². The van der Waals surface area contributed by atoms with Gasteiger partial charge in [-0.3, -0.25) is 0 Å². The van der Waals surface area contributed by atoms with Gasteiger partial charge >= 0.3 is 0 Å². The number of nitrogens with two attached hydrogens (primary N) is 1. The van der Waals surface area contributed by atoms with Crippen molar-refractivity contribution in [3.8, 4) is 0 Å². The fourth-order valence-electron chi connectivity index (χ4n) is 1.51. The molecular formula is C14H23BrN2. The fourth-order valence-corrected chi connectivity index (χ4v) is 2.07. The summed E-state index contributed by atoms with van der Waals surface area (Å²) in [4.78, 5) is 0. The lowest BCUT2D eigenvalue weighted by atomic mass is 9.81. The lowest BCUT2D eigenvalue weighted by molar-refractivity contribution is 0.238. The molecule has 3 N–H and O–H groups in total. The first kappa shape index (κ1) is 14.5. The minimum Gasteiger partial charge on any atom is -0.399 e. The number of rotatable bonds is 5. The molecule has 0 amide bonds. The van der Waals surface area contributed by atoms with E-state index < -0.39 is 0 Å². The van der Waals surface area contributed by atoms with Crippen molar-refractivity contribution in [1.82, 2.24) is 5.32 Å². The molecule has 0 aliphatic carbocycles. The van der Waals surface area contributed by atoms with Crippen molar-refractivity contribution in [2.24, 2.45) is 11.3 Å². The van der Waals surface area contributed by atoms with E-state index in [2.05, 4.69) is 55.0 Å². The zero-order chi connectivity index (χ0) is 13.1. The normalized spacial score (nSPS) is 12.1. The summed E-state index contributed by atoms with van der Waals surface area (Å²) in [5, 5.41) is 3.50. The van der Waals surface area contributed by atoms with Crippen LogP contribution >= 0.6 is 15.9 Å². The van der Waals surface area contributed by atoms with Crippen molar-refractivity contribution in [2.75, 3.05) is 12.3 Å². The Hall–Kier alpha value is -0.540. The number of nitrogen functional groups attached to an aromatic ring is 1. The maximum absolute atomic E-state index is 5.81. The smallest absolute Gasteiger partial charge is 0.0328 e. The van der Waals surface area contributed by atoms with Gasteiger partial charge in [-0.05, 0) is 35.1 Å². The first-order valence-corrected chi connectivity index (χ1v) is 6.86. The average Bonchev–Trinajstić information content (AvgIpc) is 2.15. The maximum Gasteiger partial charge on any atom is 0.0328 e. The van der Waals surface area contributed by atoms with Gasteiger partial charge in [-0.25, -0.2) is 0 Å². The molecular weight excluding hydrogens is 276 g/mol. The minimum absolute atomic E-state index is 0.317. The maximum atomic E-state index is 5.81. The Balaban J connectivity index is 2.51. The van der Waals surface area contributed by atoms with E-state index in [1.54, 1.807) is 0 Å². The molecule has 0 saturated carbocycles. The molecule has 3 heteroatoms. The van der Waals surface area contributed by atoms with Gasteiger partial charge in [0.05, 0.1) is 0 Å². The van der Waals surface area contributed by atoms with Crippen LogP contribution in [0.3, 0.4) is 0 Å². The highest BCUT2D eigenvalue weighted by molar-refractivity contribution is 9.10. The van der Waals surface area contributed by atoms with Gasteiger partial charge in [0, 0.05) is 23.2 Å². The van der Waals surface area contributed by atoms with Gasteiger partial charge < -0.3 is 11.1 Å². The lowest BCUT2D eigenvalue weighted by Gasteiger charge is -2.29. The first-order chi connectivity index (χ1) is 7.81. The zero-order valence-corrected chi connectivity index (χ0v) is 12.8. The zero-order valence-electron chi connectivity index (χ0n) is 11.2. The monoisotopic (exact) mass is 298 g/mol. The van der Waals surface area contributed by atoms with Crippen molar-refractivity contribution >= 4 is 21.6 Å². The van der Waals surface area contributed by atoms with Crippen LogP contribution in [0.25, 0.3) is 0 Å². The Kier molecular flexibility index (Phi) is 5.02. The summed E-state index contributed by atoms with van der Waals surface area (Å²) < 4.78 is 1.04. The second-order valence-corrected chi connectivity index (χ2v) is 6.56. The predicted molar refractivity (Wildman–Crippen MR) is 78.9 cm³/mol. The van der Waals surface area contributed by atoms with Crippen molar-refractivity contribution in [2.45, 2.75) is 34.2 Å². The topological polar surface area (TPSA) is 38.0 Å². The minimum atomic E-state index is 0.317. The second-order valence-electron chi connectivity index (χ2n) is 5.64. The molecule has 0 aromatic heterocycles. The van der Waals surface area contributed by atoms with Crippen molar-refractivity contribution < 1.29 is 0 Å². The van der Waals surface area contributed by atoms with Crippen LogP contribution in [-0.2, 0) is 6.54 Å². The fraction of sp³-hybridized carbons (Fsp3) is 0.571. The van der Waals surface area contributed by atoms with Gasteiger partial charge in [0.1, 0.15) is 0 Å². The number of hydrogen-bond acceptors (Lipinski definition) is 2. The quantitative estimate of drug-likeness (QED) is 0.812. The van der Waals surface area contributed by atoms with E-state index in [9.17, 15) is 0 Å². The molecule has 0 aliphatic heterocycles. The Bertz CT molecular complexity index is 352. The summed E-state index contributed by atoms with van der Waals surface area (Å²) in [6, 6.07) is 6.04. The summed E-state index contributed by atoms with van der Waals surface area (Å²) >= 11 is 3.46. The largest absolute Gasteiger partial charge is 0.399 e. The number of nitrogens with one attached hydrogen (secondary N) is 1. The Morgan fingerprint density at radius 2 is 1.94 bits per heavy atom. The Morgan fingerprint density at radius 3 is 2.47 bits per heavy atom. The van der Waals surface area contributed by atoms with Crippen LogP contribution in [0, 0.1) is 11.3 Å². The summed E-state index contributed by atoms with van der Waals surface area (Å²) in [5.74, 6) is 0.669. The average molecular weight is 299 g/mol. The molecule has 0 unspecified atom stereocenters. The summed E-state index contributed by atoms with van der Waals surface area (Å²) in [7, 11) is 0. The third kappa shape index (κ3) is 4.68. The second kappa shape index (κ2) is 5.87. The highest BCUT2D eigenvalue weighted by Gasteiger charge is 2.21. The molecule has 0 saturated heterocycles. The van der Waals surface area contributed by atoms with E-state index in [0.29, 0.717) is 11.3 Å². The Morgan fingerprint density at radius 1 is 1.29 bits per heavy atom. The van der Waals surface area contributed by atoms with Gasteiger partial charge in [-0.15, -0.1) is 0 Å². The van der Waals surface area contributed by atoms with Crippen LogP contribution in [0.5, 0.6) is 0 Å². The summed E-state index contributed by atoms with van der Waals surface area (Å²) in [5.41, 5.74) is 8.15. The van der Waals surface area contributed by atoms with Gasteiger partial charge in [-0.1, -0.05) is 43.6 Å². The molecule has 0 atom stereocenters. The number of benzene rings is 1. The molecule has 0 spiro atoms. The molecule has 1 aromatic rings. The van der Waals surface area contributed by atoms with Crippen LogP contribution in [0.2, 0.25) is 0 Å². The van der Waals surface area contributed by atoms with E-state index in [0.717, 1.165) is 23.2 Å². The third-order valence-electron chi connectivity index (χ3n) is 3.45. The molecule has 0 heterocycles. The molecule has 0 fully saturated rings. The SMILES string of the molecule is CC(C)C(C)(C)CNCc1cc(N)cc(Br)c1. The lowest BCUT2D eigenvalue weighted by Crippen LogP contribution is -2.33. The van der Waals surface area contributed by atoms with Gasteiger partial charge in [0.15, 0.2) is 0 Å². The standard InChI is InChI=1S/C14H23BrN2/c1-10(2)14(3,4)9-17-8-11-5-12(15)7-13(16)6-11/h5-7,10,17H,8-9,16H2,1-4H3. The highest BCUT2D eigenvalue weighted by Crippen LogP contribution is 2.25. The first-order valence-electron chi connectivity index (χ1n) is 6.07. The van der Waals surface area contributed by atoms with E-state index in [1.807, 2.05) is 12.1 Å².